The molecule has 66 valence electrons. The van der Waals surface area contributed by atoms with Gasteiger partial charge in [0, 0.05) is 28.4 Å². The average Bonchev–Trinajstić information content (AvgIpc) is 2.53. The molecule has 2 aromatic rings. The number of rotatable bonds is 1. The molecule has 13 heavy (non-hydrogen) atoms. The van der Waals surface area contributed by atoms with Gasteiger partial charge in [-0.15, -0.1) is 0 Å². The van der Waals surface area contributed by atoms with Crippen LogP contribution in [-0.2, 0) is 0 Å². The van der Waals surface area contributed by atoms with Crippen LogP contribution >= 0.6 is 22.6 Å². The quantitative estimate of drug-likeness (QED) is 0.747. The first kappa shape index (κ1) is 8.61. The zero-order valence-electron chi connectivity index (χ0n) is 6.98. The first-order valence-corrected chi connectivity index (χ1v) is 4.83. The highest BCUT2D eigenvalue weighted by atomic mass is 127. The fourth-order valence-corrected chi connectivity index (χ4v) is 1.30. The summed E-state index contributed by atoms with van der Waals surface area (Å²) in [5.74, 6) is 1.55. The Morgan fingerprint density at radius 3 is 2.46 bits per heavy atom. The van der Waals surface area contributed by atoms with Gasteiger partial charge in [0.1, 0.15) is 5.82 Å². The lowest BCUT2D eigenvalue weighted by Gasteiger charge is -2.01. The van der Waals surface area contributed by atoms with E-state index in [-0.39, 0.29) is 0 Å². The molecule has 0 bridgehead atoms. The van der Waals surface area contributed by atoms with E-state index < -0.39 is 0 Å². The molecule has 0 spiro atoms. The van der Waals surface area contributed by atoms with Crippen molar-refractivity contribution in [2.75, 3.05) is 0 Å². The molecule has 0 aliphatic rings. The van der Waals surface area contributed by atoms with E-state index in [9.17, 15) is 0 Å². The molecule has 0 unspecified atom stereocenters. The van der Waals surface area contributed by atoms with Crippen LogP contribution in [0.15, 0.2) is 24.8 Å². The predicted molar refractivity (Wildman–Crippen MR) is 56.6 cm³/mol. The molecule has 0 radical (unpaired) electrons. The molecule has 0 aromatic carbocycles. The van der Waals surface area contributed by atoms with Gasteiger partial charge in [-0.25, -0.2) is 15.0 Å². The summed E-state index contributed by atoms with van der Waals surface area (Å²) < 4.78 is 2.87. The maximum atomic E-state index is 4.19. The second-order valence-corrected chi connectivity index (χ2v) is 3.79. The van der Waals surface area contributed by atoms with Crippen LogP contribution in [0, 0.1) is 10.5 Å². The summed E-state index contributed by atoms with van der Waals surface area (Å²) in [6.07, 6.45) is 7.14. The van der Waals surface area contributed by atoms with Gasteiger partial charge >= 0.3 is 0 Å². The second kappa shape index (κ2) is 3.41. The van der Waals surface area contributed by atoms with Crippen molar-refractivity contribution in [2.24, 2.45) is 0 Å². The Hall–Kier alpha value is -0.980. The molecular weight excluding hydrogens is 279 g/mol. The smallest absolute Gasteiger partial charge is 0.235 e. The van der Waals surface area contributed by atoms with Crippen LogP contribution in [-0.4, -0.2) is 19.5 Å². The Bertz CT molecular complexity index is 406. The van der Waals surface area contributed by atoms with Crippen LogP contribution in [0.2, 0.25) is 0 Å². The zero-order valence-corrected chi connectivity index (χ0v) is 9.13. The Labute approximate surface area is 89.2 Å². The molecule has 0 aliphatic heterocycles. The summed E-state index contributed by atoms with van der Waals surface area (Å²) in [6, 6.07) is 0. The molecule has 0 atom stereocenters. The van der Waals surface area contributed by atoms with Crippen molar-refractivity contribution in [3.05, 3.63) is 34.2 Å². The number of hydrogen-bond acceptors (Lipinski definition) is 3. The molecule has 2 heterocycles. The van der Waals surface area contributed by atoms with E-state index in [2.05, 4.69) is 37.5 Å². The van der Waals surface area contributed by atoms with Crippen LogP contribution in [0.1, 0.15) is 5.82 Å². The van der Waals surface area contributed by atoms with E-state index in [1.807, 2.05) is 17.7 Å². The predicted octanol–water partition coefficient (Wildman–Crippen LogP) is 1.58. The molecule has 0 aliphatic carbocycles. The van der Waals surface area contributed by atoms with E-state index in [0.29, 0.717) is 5.95 Å². The van der Waals surface area contributed by atoms with Gasteiger partial charge < -0.3 is 0 Å². The van der Waals surface area contributed by atoms with Crippen molar-refractivity contribution in [1.29, 1.82) is 0 Å². The van der Waals surface area contributed by atoms with Gasteiger partial charge in [0.15, 0.2) is 0 Å². The summed E-state index contributed by atoms with van der Waals surface area (Å²) in [5, 5.41) is 0. The van der Waals surface area contributed by atoms with Crippen LogP contribution < -0.4 is 0 Å². The summed E-state index contributed by atoms with van der Waals surface area (Å²) in [4.78, 5) is 12.5. The highest BCUT2D eigenvalue weighted by molar-refractivity contribution is 14.1. The third-order valence-electron chi connectivity index (χ3n) is 1.65. The fourth-order valence-electron chi connectivity index (χ4n) is 1.02. The van der Waals surface area contributed by atoms with Gasteiger partial charge in [-0.2, -0.15) is 0 Å². The lowest BCUT2D eigenvalue weighted by atomic mass is 10.6. The molecule has 0 N–H and O–H groups in total. The lowest BCUT2D eigenvalue weighted by molar-refractivity contribution is 0.880. The van der Waals surface area contributed by atoms with Crippen LogP contribution in [0.25, 0.3) is 5.95 Å². The molecule has 0 saturated carbocycles. The molecular formula is C8H7IN4. The molecule has 0 fully saturated rings. The van der Waals surface area contributed by atoms with Crippen molar-refractivity contribution >= 4 is 22.6 Å². The van der Waals surface area contributed by atoms with Gasteiger partial charge in [-0.3, -0.25) is 4.57 Å². The van der Waals surface area contributed by atoms with Crippen LogP contribution in [0.3, 0.4) is 0 Å². The maximum absolute atomic E-state index is 4.19. The molecule has 4 nitrogen and oxygen atoms in total. The van der Waals surface area contributed by atoms with E-state index >= 15 is 0 Å². The standard InChI is InChI=1S/C8H7IN4/c1-6-10-2-3-13(6)8-11-4-7(9)5-12-8/h2-5H,1H3. The van der Waals surface area contributed by atoms with E-state index in [1.54, 1.807) is 18.6 Å². The van der Waals surface area contributed by atoms with Crippen LogP contribution in [0.4, 0.5) is 0 Å². The molecule has 2 aromatic heterocycles. The van der Waals surface area contributed by atoms with Crippen molar-refractivity contribution < 1.29 is 0 Å². The lowest BCUT2D eigenvalue weighted by Crippen LogP contribution is -2.01. The van der Waals surface area contributed by atoms with Gasteiger partial charge in [0.05, 0.1) is 0 Å². The Morgan fingerprint density at radius 1 is 1.23 bits per heavy atom. The first-order valence-electron chi connectivity index (χ1n) is 3.75. The highest BCUT2D eigenvalue weighted by Gasteiger charge is 2.01. The minimum absolute atomic E-state index is 0.662. The van der Waals surface area contributed by atoms with Crippen molar-refractivity contribution in [3.63, 3.8) is 0 Å². The monoisotopic (exact) mass is 286 g/mol. The number of nitrogens with zero attached hydrogens (tertiary/aromatic N) is 4. The number of imidazole rings is 1. The zero-order chi connectivity index (χ0) is 9.26. The Morgan fingerprint density at radius 2 is 1.92 bits per heavy atom. The highest BCUT2D eigenvalue weighted by Crippen LogP contribution is 2.05. The molecule has 0 amide bonds. The van der Waals surface area contributed by atoms with Crippen LogP contribution in [0.5, 0.6) is 0 Å². The van der Waals surface area contributed by atoms with E-state index in [0.717, 1.165) is 9.39 Å². The average molecular weight is 286 g/mol. The normalized spacial score (nSPS) is 10.3. The number of aromatic nitrogens is 4. The summed E-state index contributed by atoms with van der Waals surface area (Å²) in [5.41, 5.74) is 0. The van der Waals surface area contributed by atoms with E-state index in [1.165, 1.54) is 0 Å². The third-order valence-corrected chi connectivity index (χ3v) is 2.20. The number of aryl methyl sites for hydroxylation is 1. The minimum Gasteiger partial charge on any atom is -0.272 e. The minimum atomic E-state index is 0.662. The van der Waals surface area contributed by atoms with Gasteiger partial charge in [-0.05, 0) is 29.5 Å². The topological polar surface area (TPSA) is 43.6 Å². The van der Waals surface area contributed by atoms with Crippen molar-refractivity contribution in [2.45, 2.75) is 6.92 Å². The van der Waals surface area contributed by atoms with E-state index in [4.69, 9.17) is 0 Å². The van der Waals surface area contributed by atoms with Gasteiger partial charge in [-0.1, -0.05) is 0 Å². The Balaban J connectivity index is 2.47. The molecule has 0 saturated heterocycles. The summed E-state index contributed by atoms with van der Waals surface area (Å²) in [7, 11) is 0. The Kier molecular flexibility index (Phi) is 2.26. The second-order valence-electron chi connectivity index (χ2n) is 2.55. The van der Waals surface area contributed by atoms with Gasteiger partial charge in [0.2, 0.25) is 5.95 Å². The molecule has 5 heteroatoms. The summed E-state index contributed by atoms with van der Waals surface area (Å²) >= 11 is 2.17. The maximum Gasteiger partial charge on any atom is 0.235 e. The summed E-state index contributed by atoms with van der Waals surface area (Å²) in [6.45, 7) is 1.92. The number of halogens is 1. The van der Waals surface area contributed by atoms with Gasteiger partial charge in [0.25, 0.3) is 0 Å². The SMILES string of the molecule is Cc1nccn1-c1ncc(I)cn1. The third kappa shape index (κ3) is 1.69. The largest absolute Gasteiger partial charge is 0.272 e. The van der Waals surface area contributed by atoms with Crippen molar-refractivity contribution in [3.8, 4) is 5.95 Å². The van der Waals surface area contributed by atoms with Crippen molar-refractivity contribution in [1.82, 2.24) is 19.5 Å². The fraction of sp³-hybridized carbons (Fsp3) is 0.125. The first-order chi connectivity index (χ1) is 6.27. The number of hydrogen-bond donors (Lipinski definition) is 0. The molecule has 2 rings (SSSR count).